The van der Waals surface area contributed by atoms with Crippen LogP contribution < -0.4 is 5.32 Å². The SMILES string of the molecule is CC(C)[C@H]1CO[C@@H](c2ccccc2)N1. The Morgan fingerprint density at radius 1 is 1.29 bits per heavy atom. The fraction of sp³-hybridized carbons (Fsp3) is 0.500. The van der Waals surface area contributed by atoms with Gasteiger partial charge in [0.25, 0.3) is 0 Å². The van der Waals surface area contributed by atoms with Crippen molar-refractivity contribution < 1.29 is 4.74 Å². The van der Waals surface area contributed by atoms with Crippen molar-refractivity contribution in [2.24, 2.45) is 5.92 Å². The second-order valence-corrected chi connectivity index (χ2v) is 4.14. The van der Waals surface area contributed by atoms with Crippen LogP contribution >= 0.6 is 0 Å². The molecule has 1 N–H and O–H groups in total. The summed E-state index contributed by atoms with van der Waals surface area (Å²) in [6, 6.07) is 10.8. The quantitative estimate of drug-likeness (QED) is 0.774. The van der Waals surface area contributed by atoms with E-state index in [1.54, 1.807) is 0 Å². The molecule has 1 aliphatic heterocycles. The minimum atomic E-state index is 0.0867. The topological polar surface area (TPSA) is 21.3 Å². The van der Waals surface area contributed by atoms with Gasteiger partial charge in [-0.05, 0) is 11.5 Å². The Morgan fingerprint density at radius 2 is 2.00 bits per heavy atom. The summed E-state index contributed by atoms with van der Waals surface area (Å²) in [6.07, 6.45) is 0.0867. The molecule has 0 radical (unpaired) electrons. The second-order valence-electron chi connectivity index (χ2n) is 4.14. The molecule has 0 aromatic heterocycles. The first-order chi connectivity index (χ1) is 6.77. The largest absolute Gasteiger partial charge is 0.357 e. The van der Waals surface area contributed by atoms with Crippen LogP contribution in [-0.2, 0) is 4.74 Å². The van der Waals surface area contributed by atoms with Crippen molar-refractivity contribution in [3.63, 3.8) is 0 Å². The molecule has 0 amide bonds. The van der Waals surface area contributed by atoms with Gasteiger partial charge in [0, 0.05) is 6.04 Å². The van der Waals surface area contributed by atoms with Gasteiger partial charge in [-0.2, -0.15) is 0 Å². The third-order valence-corrected chi connectivity index (χ3v) is 2.71. The number of benzene rings is 1. The first-order valence-electron chi connectivity index (χ1n) is 5.20. The molecule has 2 nitrogen and oxygen atoms in total. The molecular formula is C12H17NO. The van der Waals surface area contributed by atoms with Crippen LogP contribution in [0, 0.1) is 5.92 Å². The van der Waals surface area contributed by atoms with Crippen molar-refractivity contribution in [3.05, 3.63) is 35.9 Å². The minimum Gasteiger partial charge on any atom is -0.357 e. The van der Waals surface area contributed by atoms with Crippen molar-refractivity contribution in [1.82, 2.24) is 5.32 Å². The van der Waals surface area contributed by atoms with E-state index < -0.39 is 0 Å². The lowest BCUT2D eigenvalue weighted by molar-refractivity contribution is 0.0999. The highest BCUT2D eigenvalue weighted by atomic mass is 16.5. The normalized spacial score (nSPS) is 27.1. The Labute approximate surface area is 85.3 Å². The van der Waals surface area contributed by atoms with Crippen LogP contribution in [0.5, 0.6) is 0 Å². The van der Waals surface area contributed by atoms with Gasteiger partial charge in [0.2, 0.25) is 0 Å². The molecule has 14 heavy (non-hydrogen) atoms. The fourth-order valence-electron chi connectivity index (χ4n) is 1.70. The zero-order valence-corrected chi connectivity index (χ0v) is 8.73. The number of ether oxygens (including phenoxy) is 1. The minimum absolute atomic E-state index is 0.0867. The predicted molar refractivity (Wildman–Crippen MR) is 56.9 cm³/mol. The van der Waals surface area contributed by atoms with E-state index >= 15 is 0 Å². The maximum Gasteiger partial charge on any atom is 0.134 e. The van der Waals surface area contributed by atoms with Gasteiger partial charge in [-0.25, -0.2) is 0 Å². The Kier molecular flexibility index (Phi) is 2.85. The van der Waals surface area contributed by atoms with E-state index in [9.17, 15) is 0 Å². The van der Waals surface area contributed by atoms with Crippen LogP contribution in [-0.4, -0.2) is 12.6 Å². The van der Waals surface area contributed by atoms with Crippen LogP contribution in [0.25, 0.3) is 0 Å². The molecule has 0 spiro atoms. The third kappa shape index (κ3) is 1.97. The highest BCUT2D eigenvalue weighted by Gasteiger charge is 2.27. The summed E-state index contributed by atoms with van der Waals surface area (Å²) in [6.45, 7) is 5.25. The maximum absolute atomic E-state index is 5.70. The molecule has 1 aliphatic rings. The Hall–Kier alpha value is -0.860. The Balaban J connectivity index is 2.03. The lowest BCUT2D eigenvalue weighted by Crippen LogP contribution is -2.30. The molecule has 0 saturated carbocycles. The van der Waals surface area contributed by atoms with E-state index in [0.29, 0.717) is 12.0 Å². The van der Waals surface area contributed by atoms with Gasteiger partial charge in [-0.3, -0.25) is 5.32 Å². The number of nitrogens with one attached hydrogen (secondary N) is 1. The Morgan fingerprint density at radius 3 is 2.57 bits per heavy atom. The summed E-state index contributed by atoms with van der Waals surface area (Å²) in [5.74, 6) is 0.628. The van der Waals surface area contributed by atoms with Crippen molar-refractivity contribution in [2.75, 3.05) is 6.61 Å². The van der Waals surface area contributed by atoms with Gasteiger partial charge in [0.1, 0.15) is 6.23 Å². The first kappa shape index (κ1) is 9.69. The number of hydrogen-bond donors (Lipinski definition) is 1. The van der Waals surface area contributed by atoms with Crippen LogP contribution in [0.3, 0.4) is 0 Å². The highest BCUT2D eigenvalue weighted by Crippen LogP contribution is 2.22. The highest BCUT2D eigenvalue weighted by molar-refractivity contribution is 5.18. The van der Waals surface area contributed by atoms with Gasteiger partial charge in [0.15, 0.2) is 0 Å². The van der Waals surface area contributed by atoms with Gasteiger partial charge >= 0.3 is 0 Å². The molecule has 76 valence electrons. The molecule has 2 atom stereocenters. The van der Waals surface area contributed by atoms with Crippen molar-refractivity contribution >= 4 is 0 Å². The maximum atomic E-state index is 5.70. The van der Waals surface area contributed by atoms with E-state index in [-0.39, 0.29) is 6.23 Å². The van der Waals surface area contributed by atoms with Crippen LogP contribution in [0.4, 0.5) is 0 Å². The summed E-state index contributed by atoms with van der Waals surface area (Å²) in [7, 11) is 0. The van der Waals surface area contributed by atoms with E-state index in [4.69, 9.17) is 4.74 Å². The van der Waals surface area contributed by atoms with E-state index in [0.717, 1.165) is 6.61 Å². The summed E-state index contributed by atoms with van der Waals surface area (Å²) >= 11 is 0. The molecule has 1 aromatic carbocycles. The Bertz CT molecular complexity index is 284. The number of hydrogen-bond acceptors (Lipinski definition) is 2. The van der Waals surface area contributed by atoms with Crippen LogP contribution in [0.15, 0.2) is 30.3 Å². The molecular weight excluding hydrogens is 174 g/mol. The molecule has 0 aliphatic carbocycles. The molecule has 0 unspecified atom stereocenters. The molecule has 1 aromatic rings. The molecule has 0 bridgehead atoms. The predicted octanol–water partition coefficient (Wildman–Crippen LogP) is 2.33. The summed E-state index contributed by atoms with van der Waals surface area (Å²) in [5.41, 5.74) is 1.22. The lowest BCUT2D eigenvalue weighted by Gasteiger charge is -2.14. The van der Waals surface area contributed by atoms with Crippen LogP contribution in [0.2, 0.25) is 0 Å². The zero-order valence-electron chi connectivity index (χ0n) is 8.73. The average Bonchev–Trinajstić information content (AvgIpc) is 2.68. The summed E-state index contributed by atoms with van der Waals surface area (Å²) in [4.78, 5) is 0. The van der Waals surface area contributed by atoms with Gasteiger partial charge < -0.3 is 4.74 Å². The van der Waals surface area contributed by atoms with Crippen LogP contribution in [0.1, 0.15) is 25.6 Å². The number of rotatable bonds is 2. The fourth-order valence-corrected chi connectivity index (χ4v) is 1.70. The van der Waals surface area contributed by atoms with Gasteiger partial charge in [0.05, 0.1) is 6.61 Å². The molecule has 2 rings (SSSR count). The summed E-state index contributed by atoms with van der Waals surface area (Å²) < 4.78 is 5.70. The summed E-state index contributed by atoms with van der Waals surface area (Å²) in [5, 5.41) is 3.48. The average molecular weight is 191 g/mol. The van der Waals surface area contributed by atoms with E-state index in [2.05, 4.69) is 31.3 Å². The van der Waals surface area contributed by atoms with Crippen molar-refractivity contribution in [1.29, 1.82) is 0 Å². The van der Waals surface area contributed by atoms with E-state index in [1.165, 1.54) is 5.56 Å². The first-order valence-corrected chi connectivity index (χ1v) is 5.20. The molecule has 1 fully saturated rings. The lowest BCUT2D eigenvalue weighted by atomic mass is 10.1. The van der Waals surface area contributed by atoms with Crippen molar-refractivity contribution in [2.45, 2.75) is 26.1 Å². The molecule has 1 heterocycles. The molecule has 2 heteroatoms. The van der Waals surface area contributed by atoms with Gasteiger partial charge in [-0.15, -0.1) is 0 Å². The standard InChI is InChI=1S/C12H17NO/c1-9(2)11-8-14-12(13-11)10-6-4-3-5-7-10/h3-7,9,11-13H,8H2,1-2H3/t11-,12+/m1/s1. The second kappa shape index (κ2) is 4.11. The molecule has 1 saturated heterocycles. The van der Waals surface area contributed by atoms with E-state index in [1.807, 2.05) is 18.2 Å². The smallest absolute Gasteiger partial charge is 0.134 e. The monoisotopic (exact) mass is 191 g/mol. The van der Waals surface area contributed by atoms with Crippen molar-refractivity contribution in [3.8, 4) is 0 Å². The van der Waals surface area contributed by atoms with Gasteiger partial charge in [-0.1, -0.05) is 44.2 Å². The zero-order chi connectivity index (χ0) is 9.97. The third-order valence-electron chi connectivity index (χ3n) is 2.71.